The van der Waals surface area contributed by atoms with E-state index in [9.17, 15) is 4.79 Å². The molecule has 0 aliphatic carbocycles. The summed E-state index contributed by atoms with van der Waals surface area (Å²) >= 11 is 1.78. The van der Waals surface area contributed by atoms with Crippen molar-refractivity contribution in [2.75, 3.05) is 11.5 Å². The Morgan fingerprint density at radius 3 is 3.17 bits per heavy atom. The van der Waals surface area contributed by atoms with Gasteiger partial charge in [0.15, 0.2) is 17.8 Å². The number of oxazole rings is 1. The number of hydrogen-bond acceptors (Lipinski definition) is 6. The topological polar surface area (TPSA) is 65.5 Å². The zero-order chi connectivity index (χ0) is 12.4. The summed E-state index contributed by atoms with van der Waals surface area (Å²) in [7, 11) is 0. The Morgan fingerprint density at radius 2 is 2.44 bits per heavy atom. The first-order valence-corrected chi connectivity index (χ1v) is 6.76. The van der Waals surface area contributed by atoms with Crippen LogP contribution in [-0.4, -0.2) is 28.6 Å². The quantitative estimate of drug-likeness (QED) is 0.795. The van der Waals surface area contributed by atoms with E-state index in [2.05, 4.69) is 4.98 Å². The van der Waals surface area contributed by atoms with Crippen molar-refractivity contribution in [1.29, 1.82) is 0 Å². The van der Waals surface area contributed by atoms with Gasteiger partial charge in [-0.05, 0) is 24.3 Å². The molecule has 94 valence electrons. The molecular weight excluding hydrogens is 254 g/mol. The Labute approximate surface area is 108 Å². The number of ether oxygens (including phenoxy) is 1. The van der Waals surface area contributed by atoms with Crippen molar-refractivity contribution in [3.8, 4) is 11.5 Å². The summed E-state index contributed by atoms with van der Waals surface area (Å²) in [6, 6.07) is 3.43. The molecule has 6 heteroatoms. The van der Waals surface area contributed by atoms with Crippen molar-refractivity contribution >= 4 is 17.7 Å². The van der Waals surface area contributed by atoms with E-state index in [1.165, 1.54) is 12.7 Å². The van der Waals surface area contributed by atoms with Gasteiger partial charge in [0.1, 0.15) is 6.10 Å². The molecule has 18 heavy (non-hydrogen) atoms. The van der Waals surface area contributed by atoms with Crippen molar-refractivity contribution in [3.05, 3.63) is 30.5 Å². The molecule has 2 aromatic rings. The van der Waals surface area contributed by atoms with Crippen LogP contribution in [0, 0.1) is 0 Å². The number of carbonyl (C=O) groups is 1. The third-order valence-electron chi connectivity index (χ3n) is 2.67. The van der Waals surface area contributed by atoms with E-state index < -0.39 is 5.97 Å². The number of aromatic nitrogens is 1. The van der Waals surface area contributed by atoms with Crippen LogP contribution in [0.3, 0.4) is 0 Å². The molecule has 1 aliphatic rings. The predicted molar refractivity (Wildman–Crippen MR) is 65.4 cm³/mol. The van der Waals surface area contributed by atoms with E-state index in [-0.39, 0.29) is 11.8 Å². The zero-order valence-corrected chi connectivity index (χ0v) is 10.3. The lowest BCUT2D eigenvalue weighted by Gasteiger charge is -2.09. The average molecular weight is 265 g/mol. The number of rotatable bonds is 3. The highest BCUT2D eigenvalue weighted by Gasteiger charge is 2.26. The van der Waals surface area contributed by atoms with Crippen molar-refractivity contribution in [3.63, 3.8) is 0 Å². The third-order valence-corrected chi connectivity index (χ3v) is 3.80. The SMILES string of the molecule is O=C(O[C@@H]1CCSC1)c1ncoc1-c1ccco1. The first-order valence-electron chi connectivity index (χ1n) is 5.60. The molecule has 0 bridgehead atoms. The molecule has 3 rings (SSSR count). The largest absolute Gasteiger partial charge is 0.461 e. The Balaban J connectivity index is 1.79. The normalized spacial score (nSPS) is 19.0. The maximum Gasteiger partial charge on any atom is 0.361 e. The lowest BCUT2D eigenvalue weighted by molar-refractivity contribution is 0.0351. The van der Waals surface area contributed by atoms with Gasteiger partial charge in [0.2, 0.25) is 5.76 Å². The van der Waals surface area contributed by atoms with Crippen LogP contribution >= 0.6 is 11.8 Å². The van der Waals surface area contributed by atoms with Crippen LogP contribution < -0.4 is 0 Å². The summed E-state index contributed by atoms with van der Waals surface area (Å²) in [5.74, 6) is 2.21. The van der Waals surface area contributed by atoms with Crippen molar-refractivity contribution < 1.29 is 18.4 Å². The molecule has 1 fully saturated rings. The van der Waals surface area contributed by atoms with E-state index in [1.807, 2.05) is 0 Å². The number of furan rings is 1. The van der Waals surface area contributed by atoms with Crippen molar-refractivity contribution in [2.24, 2.45) is 0 Å². The fourth-order valence-corrected chi connectivity index (χ4v) is 2.88. The number of hydrogen-bond donors (Lipinski definition) is 0. The maximum atomic E-state index is 12.0. The second-order valence-electron chi connectivity index (χ2n) is 3.90. The highest BCUT2D eigenvalue weighted by atomic mass is 32.2. The fourth-order valence-electron chi connectivity index (χ4n) is 1.79. The Bertz CT molecular complexity index is 528. The molecule has 0 saturated carbocycles. The molecule has 5 nitrogen and oxygen atoms in total. The first kappa shape index (κ1) is 11.4. The fraction of sp³-hybridized carbons (Fsp3) is 0.333. The Hall–Kier alpha value is -1.69. The monoisotopic (exact) mass is 265 g/mol. The molecule has 0 radical (unpaired) electrons. The van der Waals surface area contributed by atoms with Crippen LogP contribution in [0.15, 0.2) is 33.6 Å². The van der Waals surface area contributed by atoms with Crippen LogP contribution in [0.5, 0.6) is 0 Å². The van der Waals surface area contributed by atoms with Gasteiger partial charge in [-0.1, -0.05) is 0 Å². The van der Waals surface area contributed by atoms with E-state index in [0.29, 0.717) is 11.5 Å². The van der Waals surface area contributed by atoms with Crippen LogP contribution in [0.4, 0.5) is 0 Å². The predicted octanol–water partition coefficient (Wildman–Crippen LogP) is 2.60. The molecule has 1 saturated heterocycles. The molecule has 0 spiro atoms. The first-order chi connectivity index (χ1) is 8.84. The molecule has 0 N–H and O–H groups in total. The van der Waals surface area contributed by atoms with E-state index in [1.54, 1.807) is 23.9 Å². The number of nitrogens with zero attached hydrogens (tertiary/aromatic N) is 1. The lowest BCUT2D eigenvalue weighted by Crippen LogP contribution is -2.18. The van der Waals surface area contributed by atoms with Crippen LogP contribution in [0.25, 0.3) is 11.5 Å². The molecule has 1 aliphatic heterocycles. The van der Waals surface area contributed by atoms with E-state index in [0.717, 1.165) is 17.9 Å². The molecular formula is C12H11NO4S. The van der Waals surface area contributed by atoms with Gasteiger partial charge >= 0.3 is 5.97 Å². The summed E-state index contributed by atoms with van der Waals surface area (Å²) in [6.45, 7) is 0. The number of carbonyl (C=O) groups excluding carboxylic acids is 1. The molecule has 0 aromatic carbocycles. The van der Waals surface area contributed by atoms with Crippen LogP contribution in [0.2, 0.25) is 0 Å². The minimum absolute atomic E-state index is 0.0244. The van der Waals surface area contributed by atoms with Gasteiger partial charge < -0.3 is 13.6 Å². The maximum absolute atomic E-state index is 12.0. The highest BCUT2D eigenvalue weighted by Crippen LogP contribution is 2.26. The lowest BCUT2D eigenvalue weighted by atomic mass is 10.2. The minimum Gasteiger partial charge on any atom is -0.461 e. The van der Waals surface area contributed by atoms with Crippen LogP contribution in [0.1, 0.15) is 16.9 Å². The van der Waals surface area contributed by atoms with Gasteiger partial charge in [-0.25, -0.2) is 9.78 Å². The highest BCUT2D eigenvalue weighted by molar-refractivity contribution is 7.99. The molecule has 3 heterocycles. The smallest absolute Gasteiger partial charge is 0.361 e. The van der Waals surface area contributed by atoms with Gasteiger partial charge in [0.25, 0.3) is 0 Å². The Morgan fingerprint density at radius 1 is 1.50 bits per heavy atom. The van der Waals surface area contributed by atoms with Gasteiger partial charge in [0, 0.05) is 5.75 Å². The summed E-state index contributed by atoms with van der Waals surface area (Å²) in [5.41, 5.74) is 0.168. The standard InChI is InChI=1S/C12H11NO4S/c14-12(17-8-3-5-18-6-8)10-11(16-7-13-10)9-2-1-4-15-9/h1-2,4,7-8H,3,5-6H2/t8-/m1/s1. The number of esters is 1. The number of thioether (sulfide) groups is 1. The summed E-state index contributed by atoms with van der Waals surface area (Å²) < 4.78 is 15.7. The Kier molecular flexibility index (Phi) is 3.10. The molecule has 0 unspecified atom stereocenters. The zero-order valence-electron chi connectivity index (χ0n) is 9.50. The van der Waals surface area contributed by atoms with Gasteiger partial charge in [-0.15, -0.1) is 0 Å². The van der Waals surface area contributed by atoms with Gasteiger partial charge in [-0.3, -0.25) is 0 Å². The van der Waals surface area contributed by atoms with Gasteiger partial charge in [-0.2, -0.15) is 11.8 Å². The average Bonchev–Trinajstić information content (AvgIpc) is 3.11. The van der Waals surface area contributed by atoms with Crippen LogP contribution in [-0.2, 0) is 4.74 Å². The molecule has 1 atom stereocenters. The molecule has 2 aromatic heterocycles. The van der Waals surface area contributed by atoms with E-state index in [4.69, 9.17) is 13.6 Å². The van der Waals surface area contributed by atoms with Crippen molar-refractivity contribution in [1.82, 2.24) is 4.98 Å². The summed E-state index contributed by atoms with van der Waals surface area (Å²) in [5, 5.41) is 0. The molecule has 0 amide bonds. The second-order valence-corrected chi connectivity index (χ2v) is 5.05. The summed E-state index contributed by atoms with van der Waals surface area (Å²) in [6.07, 6.45) is 3.60. The van der Waals surface area contributed by atoms with Crippen molar-refractivity contribution in [2.45, 2.75) is 12.5 Å². The summed E-state index contributed by atoms with van der Waals surface area (Å²) in [4.78, 5) is 15.9. The second kappa shape index (κ2) is 4.89. The minimum atomic E-state index is -0.456. The van der Waals surface area contributed by atoms with Gasteiger partial charge in [0.05, 0.1) is 6.26 Å². The third kappa shape index (κ3) is 2.15. The van der Waals surface area contributed by atoms with E-state index >= 15 is 0 Å².